The zero-order valence-electron chi connectivity index (χ0n) is 9.81. The number of halogens is 1. The van der Waals surface area contributed by atoms with Gasteiger partial charge in [0.05, 0.1) is 5.69 Å². The lowest BCUT2D eigenvalue weighted by molar-refractivity contribution is 0.864. The Morgan fingerprint density at radius 2 is 2.22 bits per heavy atom. The van der Waals surface area contributed by atoms with Crippen LogP contribution in [0.4, 0.5) is 0 Å². The van der Waals surface area contributed by atoms with E-state index in [9.17, 15) is 0 Å². The first-order valence-electron chi connectivity index (χ1n) is 5.34. The van der Waals surface area contributed by atoms with Gasteiger partial charge < -0.3 is 0 Å². The van der Waals surface area contributed by atoms with E-state index in [1.165, 1.54) is 6.07 Å². The molecule has 0 spiro atoms. The van der Waals surface area contributed by atoms with E-state index in [-0.39, 0.29) is 0 Å². The molecule has 0 aliphatic rings. The van der Waals surface area contributed by atoms with Crippen molar-refractivity contribution in [1.29, 1.82) is 5.26 Å². The van der Waals surface area contributed by atoms with Crippen molar-refractivity contribution < 1.29 is 0 Å². The van der Waals surface area contributed by atoms with Crippen LogP contribution in [0.3, 0.4) is 0 Å². The molecule has 0 saturated heterocycles. The van der Waals surface area contributed by atoms with Crippen molar-refractivity contribution in [2.24, 2.45) is 0 Å². The van der Waals surface area contributed by atoms with Gasteiger partial charge >= 0.3 is 0 Å². The van der Waals surface area contributed by atoms with E-state index in [4.69, 9.17) is 23.3 Å². The number of nitrogens with zero attached hydrogens (tertiary/aromatic N) is 3. The average molecular weight is 256 g/mol. The van der Waals surface area contributed by atoms with Crippen LogP contribution in [0.5, 0.6) is 0 Å². The molecule has 88 valence electrons. The standard InChI is InChI=1S/C14H10ClN3/c1-3-4-11-6-5-10(2)13(7-11)18-14(15)8-12(9-16)17-18/h1,5-8H,4H2,2H3. The van der Waals surface area contributed by atoms with E-state index < -0.39 is 0 Å². The topological polar surface area (TPSA) is 41.6 Å². The van der Waals surface area contributed by atoms with Gasteiger partial charge in [0, 0.05) is 12.5 Å². The highest BCUT2D eigenvalue weighted by molar-refractivity contribution is 6.29. The average Bonchev–Trinajstić information content (AvgIpc) is 2.73. The molecule has 3 nitrogen and oxygen atoms in total. The van der Waals surface area contributed by atoms with Crippen molar-refractivity contribution in [3.8, 4) is 24.1 Å². The van der Waals surface area contributed by atoms with Crippen LogP contribution in [0.1, 0.15) is 16.8 Å². The molecule has 0 N–H and O–H groups in total. The normalized spacial score (nSPS) is 9.78. The summed E-state index contributed by atoms with van der Waals surface area (Å²) in [6.45, 7) is 1.96. The predicted molar refractivity (Wildman–Crippen MR) is 70.6 cm³/mol. The second-order valence-corrected chi connectivity index (χ2v) is 4.26. The highest BCUT2D eigenvalue weighted by Crippen LogP contribution is 2.21. The summed E-state index contributed by atoms with van der Waals surface area (Å²) >= 11 is 6.07. The smallest absolute Gasteiger partial charge is 0.164 e. The number of rotatable bonds is 2. The van der Waals surface area contributed by atoms with Crippen molar-refractivity contribution in [2.75, 3.05) is 0 Å². The van der Waals surface area contributed by atoms with Crippen LogP contribution in [0.25, 0.3) is 5.69 Å². The van der Waals surface area contributed by atoms with Crippen LogP contribution in [0, 0.1) is 30.6 Å². The second-order valence-electron chi connectivity index (χ2n) is 3.88. The summed E-state index contributed by atoms with van der Waals surface area (Å²) < 4.78 is 1.55. The Balaban J connectivity index is 2.56. The first kappa shape index (κ1) is 12.2. The summed E-state index contributed by atoms with van der Waals surface area (Å²) in [5.74, 6) is 2.60. The Morgan fingerprint density at radius 1 is 1.44 bits per heavy atom. The maximum atomic E-state index is 8.82. The van der Waals surface area contributed by atoms with Crippen molar-refractivity contribution in [3.63, 3.8) is 0 Å². The highest BCUT2D eigenvalue weighted by Gasteiger charge is 2.10. The Hall–Kier alpha value is -2.23. The molecule has 1 heterocycles. The van der Waals surface area contributed by atoms with Gasteiger partial charge in [0.1, 0.15) is 11.2 Å². The molecule has 0 bridgehead atoms. The molecule has 0 amide bonds. The molecule has 4 heteroatoms. The number of aryl methyl sites for hydroxylation is 1. The molecule has 0 fully saturated rings. The lowest BCUT2D eigenvalue weighted by Crippen LogP contribution is -2.01. The molecule has 2 aromatic rings. The maximum absolute atomic E-state index is 8.82. The monoisotopic (exact) mass is 255 g/mol. The van der Waals surface area contributed by atoms with Crippen LogP contribution in [-0.2, 0) is 6.42 Å². The predicted octanol–water partition coefficient (Wildman–Crippen LogP) is 2.88. The minimum absolute atomic E-state index is 0.293. The van der Waals surface area contributed by atoms with Gasteiger partial charge in [0.15, 0.2) is 5.69 Å². The molecule has 1 aromatic heterocycles. The van der Waals surface area contributed by atoms with Crippen LogP contribution in [0.2, 0.25) is 5.15 Å². The minimum atomic E-state index is 0.293. The van der Waals surface area contributed by atoms with Gasteiger partial charge in [-0.25, -0.2) is 4.68 Å². The lowest BCUT2D eigenvalue weighted by atomic mass is 10.1. The lowest BCUT2D eigenvalue weighted by Gasteiger charge is -2.08. The summed E-state index contributed by atoms with van der Waals surface area (Å²) in [7, 11) is 0. The van der Waals surface area contributed by atoms with Gasteiger partial charge in [0.25, 0.3) is 0 Å². The van der Waals surface area contributed by atoms with Crippen LogP contribution in [0.15, 0.2) is 24.3 Å². The van der Waals surface area contributed by atoms with Crippen molar-refractivity contribution in [2.45, 2.75) is 13.3 Å². The molecule has 1 aromatic carbocycles. The Morgan fingerprint density at radius 3 is 2.83 bits per heavy atom. The first-order chi connectivity index (χ1) is 8.65. The Kier molecular flexibility index (Phi) is 3.37. The Labute approximate surface area is 111 Å². The summed E-state index contributed by atoms with van der Waals surface area (Å²) in [6.07, 6.45) is 5.85. The first-order valence-corrected chi connectivity index (χ1v) is 5.72. The van der Waals surface area contributed by atoms with E-state index in [0.29, 0.717) is 17.3 Å². The fourth-order valence-corrected chi connectivity index (χ4v) is 1.93. The fourth-order valence-electron chi connectivity index (χ4n) is 1.69. The van der Waals surface area contributed by atoms with Crippen LogP contribution in [-0.4, -0.2) is 9.78 Å². The van der Waals surface area contributed by atoms with Gasteiger partial charge in [0.2, 0.25) is 0 Å². The molecular weight excluding hydrogens is 246 g/mol. The van der Waals surface area contributed by atoms with E-state index in [2.05, 4.69) is 11.0 Å². The van der Waals surface area contributed by atoms with Crippen molar-refractivity contribution in [3.05, 3.63) is 46.2 Å². The fraction of sp³-hybridized carbons (Fsp3) is 0.143. The van der Waals surface area contributed by atoms with Crippen LogP contribution < -0.4 is 0 Å². The van der Waals surface area contributed by atoms with Crippen LogP contribution >= 0.6 is 11.6 Å². The number of aromatic nitrogens is 2. The maximum Gasteiger partial charge on any atom is 0.164 e. The largest absolute Gasteiger partial charge is 0.221 e. The summed E-state index contributed by atoms with van der Waals surface area (Å²) in [5.41, 5.74) is 3.17. The molecule has 0 atom stereocenters. The number of hydrogen-bond acceptors (Lipinski definition) is 2. The van der Waals surface area contributed by atoms with Gasteiger partial charge in [-0.2, -0.15) is 10.4 Å². The molecule has 18 heavy (non-hydrogen) atoms. The van der Waals surface area contributed by atoms with E-state index in [1.54, 1.807) is 4.68 Å². The third-order valence-corrected chi connectivity index (χ3v) is 2.86. The van der Waals surface area contributed by atoms with E-state index in [0.717, 1.165) is 16.8 Å². The zero-order valence-corrected chi connectivity index (χ0v) is 10.6. The Bertz CT molecular complexity index is 671. The molecule has 2 rings (SSSR count). The molecule has 0 unspecified atom stereocenters. The van der Waals surface area contributed by atoms with Gasteiger partial charge in [-0.05, 0) is 24.1 Å². The van der Waals surface area contributed by atoms with Gasteiger partial charge in [-0.15, -0.1) is 12.3 Å². The number of nitriles is 1. The summed E-state index contributed by atoms with van der Waals surface area (Å²) in [4.78, 5) is 0. The third kappa shape index (κ3) is 2.22. The zero-order chi connectivity index (χ0) is 13.1. The quantitative estimate of drug-likeness (QED) is 0.775. The van der Waals surface area contributed by atoms with Gasteiger partial charge in [-0.3, -0.25) is 0 Å². The molecule has 0 radical (unpaired) electrons. The summed E-state index contributed by atoms with van der Waals surface area (Å²) in [5, 5.41) is 13.4. The second kappa shape index (κ2) is 4.96. The molecule has 0 aliphatic heterocycles. The van der Waals surface area contributed by atoms with E-state index in [1.807, 2.05) is 31.2 Å². The summed E-state index contributed by atoms with van der Waals surface area (Å²) in [6, 6.07) is 9.38. The number of terminal acetylenes is 1. The molecule has 0 saturated carbocycles. The molecular formula is C14H10ClN3. The third-order valence-electron chi connectivity index (χ3n) is 2.59. The molecule has 0 aliphatic carbocycles. The van der Waals surface area contributed by atoms with Crippen molar-refractivity contribution >= 4 is 11.6 Å². The van der Waals surface area contributed by atoms with E-state index >= 15 is 0 Å². The number of hydrogen-bond donors (Lipinski definition) is 0. The number of benzene rings is 1. The SMILES string of the molecule is C#CCc1ccc(C)c(-n2nc(C#N)cc2Cl)c1. The van der Waals surface area contributed by atoms with Crippen molar-refractivity contribution in [1.82, 2.24) is 9.78 Å². The minimum Gasteiger partial charge on any atom is -0.221 e. The van der Waals surface area contributed by atoms with Gasteiger partial charge in [-0.1, -0.05) is 23.7 Å². The highest BCUT2D eigenvalue weighted by atomic mass is 35.5.